The molecule has 0 heterocycles. The number of benzene rings is 2. The van der Waals surface area contributed by atoms with E-state index in [0.29, 0.717) is 5.02 Å². The Balaban J connectivity index is 1.80. The molecule has 0 saturated carbocycles. The summed E-state index contributed by atoms with van der Waals surface area (Å²) in [7, 11) is 0. The summed E-state index contributed by atoms with van der Waals surface area (Å²) < 4.78 is 10.5. The molecule has 0 aromatic heterocycles. The molecular weight excluding hydrogens is 299 g/mol. The molecule has 0 bridgehead atoms. The number of para-hydroxylation sites is 1. The second kappa shape index (κ2) is 7.17. The smallest absolute Gasteiger partial charge is 0.339 e. The van der Waals surface area contributed by atoms with Gasteiger partial charge < -0.3 is 9.47 Å². The first kappa shape index (κ1) is 14.7. The molecule has 3 nitrogen and oxygen atoms in total. The number of carbonyl (C=O) groups excluding carboxylic acids is 1. The van der Waals surface area contributed by atoms with Crippen molar-refractivity contribution < 1.29 is 14.3 Å². The lowest BCUT2D eigenvalue weighted by Crippen LogP contribution is -2.12. The molecule has 20 heavy (non-hydrogen) atoms. The van der Waals surface area contributed by atoms with Crippen molar-refractivity contribution in [2.75, 3.05) is 13.2 Å². The van der Waals surface area contributed by atoms with E-state index in [2.05, 4.69) is 0 Å². The molecule has 0 spiro atoms. The Bertz CT molecular complexity index is 585. The van der Waals surface area contributed by atoms with Gasteiger partial charge in [0.15, 0.2) is 0 Å². The van der Waals surface area contributed by atoms with Crippen molar-refractivity contribution in [1.82, 2.24) is 0 Å². The second-order valence-electron chi connectivity index (χ2n) is 3.92. The van der Waals surface area contributed by atoms with Crippen LogP contribution in [0.2, 0.25) is 10.0 Å². The van der Waals surface area contributed by atoms with Crippen LogP contribution in [-0.2, 0) is 4.74 Å². The summed E-state index contributed by atoms with van der Waals surface area (Å²) in [5, 5.41) is 0.741. The second-order valence-corrected chi connectivity index (χ2v) is 4.77. The largest absolute Gasteiger partial charge is 0.490 e. The van der Waals surface area contributed by atoms with Gasteiger partial charge in [-0.15, -0.1) is 0 Å². The highest BCUT2D eigenvalue weighted by Crippen LogP contribution is 2.21. The van der Waals surface area contributed by atoms with Crippen LogP contribution in [0.4, 0.5) is 0 Å². The Labute approximate surface area is 127 Å². The van der Waals surface area contributed by atoms with Crippen LogP contribution in [0.25, 0.3) is 0 Å². The molecule has 2 rings (SSSR count). The Morgan fingerprint density at radius 1 is 1.00 bits per heavy atom. The van der Waals surface area contributed by atoms with Gasteiger partial charge in [0.25, 0.3) is 0 Å². The van der Waals surface area contributed by atoms with Gasteiger partial charge in [0, 0.05) is 5.02 Å². The third-order valence-electron chi connectivity index (χ3n) is 2.48. The molecule has 5 heteroatoms. The molecule has 0 aliphatic heterocycles. The molecule has 0 amide bonds. The lowest BCUT2D eigenvalue weighted by atomic mass is 10.2. The minimum atomic E-state index is -0.497. The molecule has 0 aliphatic rings. The summed E-state index contributed by atoms with van der Waals surface area (Å²) in [5.74, 6) is 0.233. The minimum absolute atomic E-state index is 0.146. The summed E-state index contributed by atoms with van der Waals surface area (Å²) in [5.41, 5.74) is 0.288. The molecule has 0 radical (unpaired) electrons. The average molecular weight is 311 g/mol. The lowest BCUT2D eigenvalue weighted by Gasteiger charge is -2.08. The molecule has 0 aliphatic carbocycles. The fourth-order valence-corrected chi connectivity index (χ4v) is 2.03. The number of halogens is 2. The van der Waals surface area contributed by atoms with Gasteiger partial charge in [-0.1, -0.05) is 41.4 Å². The highest BCUT2D eigenvalue weighted by molar-refractivity contribution is 6.36. The maximum absolute atomic E-state index is 11.8. The van der Waals surface area contributed by atoms with Crippen LogP contribution >= 0.6 is 23.2 Å². The summed E-state index contributed by atoms with van der Waals surface area (Å²) in [4.78, 5) is 11.8. The predicted molar refractivity (Wildman–Crippen MR) is 78.7 cm³/mol. The van der Waals surface area contributed by atoms with Crippen molar-refractivity contribution in [2.24, 2.45) is 0 Å². The van der Waals surface area contributed by atoms with Crippen molar-refractivity contribution in [3.8, 4) is 5.75 Å². The maximum Gasteiger partial charge on any atom is 0.339 e. The van der Waals surface area contributed by atoms with Gasteiger partial charge in [0.1, 0.15) is 19.0 Å². The Hall–Kier alpha value is -1.71. The first-order chi connectivity index (χ1) is 9.66. The molecule has 2 aromatic rings. The summed E-state index contributed by atoms with van der Waals surface area (Å²) >= 11 is 11.7. The van der Waals surface area contributed by atoms with Crippen LogP contribution in [0, 0.1) is 0 Å². The summed E-state index contributed by atoms with van der Waals surface area (Å²) in [6, 6.07) is 13.9. The van der Waals surface area contributed by atoms with E-state index in [4.69, 9.17) is 32.7 Å². The van der Waals surface area contributed by atoms with Crippen LogP contribution < -0.4 is 4.74 Å². The molecule has 0 N–H and O–H groups in total. The van der Waals surface area contributed by atoms with E-state index in [0.717, 1.165) is 5.75 Å². The Morgan fingerprint density at radius 3 is 2.45 bits per heavy atom. The monoisotopic (exact) mass is 310 g/mol. The molecule has 104 valence electrons. The van der Waals surface area contributed by atoms with Gasteiger partial charge in [0.05, 0.1) is 10.6 Å². The van der Waals surface area contributed by atoms with Crippen molar-refractivity contribution in [3.05, 3.63) is 64.1 Å². The third kappa shape index (κ3) is 4.15. The van der Waals surface area contributed by atoms with Crippen molar-refractivity contribution in [2.45, 2.75) is 0 Å². The zero-order valence-corrected chi connectivity index (χ0v) is 12.0. The topological polar surface area (TPSA) is 35.5 Å². The fourth-order valence-electron chi connectivity index (χ4n) is 1.54. The van der Waals surface area contributed by atoms with Crippen LogP contribution in [0.5, 0.6) is 5.75 Å². The average Bonchev–Trinajstić information content (AvgIpc) is 2.44. The third-order valence-corrected chi connectivity index (χ3v) is 3.03. The van der Waals surface area contributed by atoms with Crippen LogP contribution in [-0.4, -0.2) is 19.2 Å². The van der Waals surface area contributed by atoms with Gasteiger partial charge in [-0.2, -0.15) is 0 Å². The van der Waals surface area contributed by atoms with Crippen LogP contribution in [0.3, 0.4) is 0 Å². The minimum Gasteiger partial charge on any atom is -0.490 e. The number of ether oxygens (including phenoxy) is 2. The quantitative estimate of drug-likeness (QED) is 0.612. The van der Waals surface area contributed by atoms with Gasteiger partial charge in [-0.3, -0.25) is 0 Å². The molecule has 2 aromatic carbocycles. The van der Waals surface area contributed by atoms with E-state index in [1.807, 2.05) is 30.3 Å². The van der Waals surface area contributed by atoms with Gasteiger partial charge >= 0.3 is 5.97 Å². The summed E-state index contributed by atoms with van der Waals surface area (Å²) in [6.07, 6.45) is 0. The normalized spacial score (nSPS) is 10.1. The first-order valence-corrected chi connectivity index (χ1v) is 6.72. The molecular formula is C15H12Cl2O3. The number of hydrogen-bond acceptors (Lipinski definition) is 3. The highest BCUT2D eigenvalue weighted by Gasteiger charge is 2.11. The number of carbonyl (C=O) groups is 1. The number of rotatable bonds is 5. The fraction of sp³-hybridized carbons (Fsp3) is 0.133. The van der Waals surface area contributed by atoms with E-state index < -0.39 is 5.97 Å². The Kier molecular flexibility index (Phi) is 5.27. The molecule has 0 saturated heterocycles. The first-order valence-electron chi connectivity index (χ1n) is 5.97. The molecule has 0 fully saturated rings. The van der Waals surface area contributed by atoms with Crippen molar-refractivity contribution in [1.29, 1.82) is 0 Å². The van der Waals surface area contributed by atoms with E-state index in [1.54, 1.807) is 6.07 Å². The number of hydrogen-bond donors (Lipinski definition) is 0. The molecule has 0 unspecified atom stereocenters. The van der Waals surface area contributed by atoms with Crippen molar-refractivity contribution in [3.63, 3.8) is 0 Å². The van der Waals surface area contributed by atoms with Gasteiger partial charge in [-0.05, 0) is 30.3 Å². The lowest BCUT2D eigenvalue weighted by molar-refractivity contribution is 0.0450. The maximum atomic E-state index is 11.8. The van der Waals surface area contributed by atoms with Gasteiger partial charge in [0.2, 0.25) is 0 Å². The highest BCUT2D eigenvalue weighted by atomic mass is 35.5. The standard InChI is InChI=1S/C15H12Cl2O3/c16-11-6-7-13(14(17)10-11)15(18)20-9-8-19-12-4-2-1-3-5-12/h1-7,10H,8-9H2. The SMILES string of the molecule is O=C(OCCOc1ccccc1)c1ccc(Cl)cc1Cl. The van der Waals surface area contributed by atoms with Crippen molar-refractivity contribution >= 4 is 29.2 Å². The van der Waals surface area contributed by atoms with Gasteiger partial charge in [-0.25, -0.2) is 4.79 Å². The van der Waals surface area contributed by atoms with E-state index in [9.17, 15) is 4.79 Å². The van der Waals surface area contributed by atoms with E-state index in [-0.39, 0.29) is 23.8 Å². The zero-order valence-electron chi connectivity index (χ0n) is 10.5. The van der Waals surface area contributed by atoms with Crippen LogP contribution in [0.1, 0.15) is 10.4 Å². The van der Waals surface area contributed by atoms with E-state index >= 15 is 0 Å². The van der Waals surface area contributed by atoms with E-state index in [1.165, 1.54) is 12.1 Å². The number of esters is 1. The van der Waals surface area contributed by atoms with Crippen LogP contribution in [0.15, 0.2) is 48.5 Å². The zero-order chi connectivity index (χ0) is 14.4. The predicted octanol–water partition coefficient (Wildman–Crippen LogP) is 4.23. The summed E-state index contributed by atoms with van der Waals surface area (Å²) in [6.45, 7) is 0.424. The molecule has 0 atom stereocenters. The Morgan fingerprint density at radius 2 is 1.75 bits per heavy atom.